The first kappa shape index (κ1) is 24.8. The Morgan fingerprint density at radius 2 is 1.94 bits per heavy atom. The van der Waals surface area contributed by atoms with Crippen molar-refractivity contribution < 1.29 is 24.0 Å². The number of carbonyl (C=O) groups excluding carboxylic acids is 2. The summed E-state index contributed by atoms with van der Waals surface area (Å²) in [6.07, 6.45) is 1.00. The highest BCUT2D eigenvalue weighted by molar-refractivity contribution is 7.10. The molecule has 1 aliphatic carbocycles. The second-order valence-electron chi connectivity index (χ2n) is 8.94. The predicted molar refractivity (Wildman–Crippen MR) is 132 cm³/mol. The van der Waals surface area contributed by atoms with Crippen LogP contribution in [0.15, 0.2) is 64.3 Å². The minimum Gasteiger partial charge on any atom is -0.460 e. The van der Waals surface area contributed by atoms with Crippen molar-refractivity contribution in [2.75, 3.05) is 13.2 Å². The van der Waals surface area contributed by atoms with Gasteiger partial charge in [-0.05, 0) is 44.2 Å². The van der Waals surface area contributed by atoms with Crippen LogP contribution in [0.2, 0.25) is 0 Å². The fraction of sp³-hybridized carbons (Fsp3) is 0.385. The molecule has 1 N–H and O–H groups in total. The maximum Gasteiger partial charge on any atom is 0.336 e. The van der Waals surface area contributed by atoms with Gasteiger partial charge in [0.15, 0.2) is 5.78 Å². The molecule has 1 aromatic carbocycles. The Bertz CT molecular complexity index is 1180. The average Bonchev–Trinajstić information content (AvgIpc) is 3.36. The van der Waals surface area contributed by atoms with E-state index in [-0.39, 0.29) is 36.7 Å². The number of ketones is 1. The first-order valence-electron chi connectivity index (χ1n) is 11.6. The van der Waals surface area contributed by atoms with E-state index in [1.807, 2.05) is 31.4 Å². The molecular weight excluding hydrogens is 468 g/mol. The number of non-ortho nitro benzene ring substituents is 1. The van der Waals surface area contributed by atoms with Crippen molar-refractivity contribution in [2.24, 2.45) is 0 Å². The number of thiophene rings is 1. The van der Waals surface area contributed by atoms with E-state index in [4.69, 9.17) is 9.47 Å². The van der Waals surface area contributed by atoms with Crippen molar-refractivity contribution >= 4 is 28.8 Å². The Morgan fingerprint density at radius 1 is 1.20 bits per heavy atom. The predicted octanol–water partition coefficient (Wildman–Crippen LogP) is 4.99. The van der Waals surface area contributed by atoms with Crippen LogP contribution in [-0.4, -0.2) is 36.0 Å². The molecule has 9 heteroatoms. The summed E-state index contributed by atoms with van der Waals surface area (Å²) in [7, 11) is 0. The quantitative estimate of drug-likeness (QED) is 0.237. The molecule has 2 heterocycles. The van der Waals surface area contributed by atoms with E-state index in [0.717, 1.165) is 10.6 Å². The van der Waals surface area contributed by atoms with Gasteiger partial charge >= 0.3 is 5.97 Å². The lowest BCUT2D eigenvalue weighted by Crippen LogP contribution is -2.36. The van der Waals surface area contributed by atoms with Crippen LogP contribution in [0.5, 0.6) is 0 Å². The fourth-order valence-electron chi connectivity index (χ4n) is 4.65. The first-order chi connectivity index (χ1) is 16.8. The summed E-state index contributed by atoms with van der Waals surface area (Å²) in [5, 5.41) is 16.5. The molecule has 0 bridgehead atoms. The van der Waals surface area contributed by atoms with Crippen LogP contribution in [0, 0.1) is 10.1 Å². The van der Waals surface area contributed by atoms with Gasteiger partial charge in [0.2, 0.25) is 0 Å². The molecule has 8 nitrogen and oxygen atoms in total. The number of rotatable bonds is 8. The van der Waals surface area contributed by atoms with Crippen LogP contribution in [0.25, 0.3) is 0 Å². The molecule has 2 aromatic rings. The van der Waals surface area contributed by atoms with Gasteiger partial charge in [0.05, 0.1) is 23.2 Å². The van der Waals surface area contributed by atoms with Crippen LogP contribution in [-0.2, 0) is 19.1 Å². The van der Waals surface area contributed by atoms with E-state index in [0.29, 0.717) is 35.2 Å². The van der Waals surface area contributed by atoms with Crippen LogP contribution >= 0.6 is 11.3 Å². The van der Waals surface area contributed by atoms with Crippen molar-refractivity contribution in [1.29, 1.82) is 0 Å². The average molecular weight is 497 g/mol. The number of esters is 1. The Balaban J connectivity index is 1.70. The third-order valence-electron chi connectivity index (χ3n) is 6.20. The Labute approximate surface area is 207 Å². The highest BCUT2D eigenvalue weighted by Crippen LogP contribution is 2.46. The number of allylic oxidation sites excluding steroid dienone is 3. The van der Waals surface area contributed by atoms with Gasteiger partial charge in [0.25, 0.3) is 5.69 Å². The largest absolute Gasteiger partial charge is 0.460 e. The second-order valence-corrected chi connectivity index (χ2v) is 9.92. The lowest BCUT2D eigenvalue weighted by molar-refractivity contribution is -0.384. The maximum atomic E-state index is 13.5. The number of nitro groups is 1. The molecule has 0 fully saturated rings. The number of Topliss-reactive ketones (excluding diaryl/α,β-unsaturated/α-hetero) is 1. The molecule has 2 aliphatic rings. The number of dihydropyridines is 1. The van der Waals surface area contributed by atoms with Crippen LogP contribution in [0.3, 0.4) is 0 Å². The van der Waals surface area contributed by atoms with E-state index in [9.17, 15) is 19.7 Å². The molecule has 184 valence electrons. The molecule has 0 saturated heterocycles. The van der Waals surface area contributed by atoms with E-state index in [1.54, 1.807) is 30.4 Å². The zero-order valence-electron chi connectivity index (χ0n) is 19.9. The maximum absolute atomic E-state index is 13.5. The molecular formula is C26H28N2O6S. The molecule has 0 saturated carbocycles. The van der Waals surface area contributed by atoms with Gasteiger partial charge in [-0.3, -0.25) is 14.9 Å². The minimum absolute atomic E-state index is 0.0164. The highest BCUT2D eigenvalue weighted by atomic mass is 32.1. The lowest BCUT2D eigenvalue weighted by Gasteiger charge is -2.36. The second kappa shape index (κ2) is 10.5. The van der Waals surface area contributed by atoms with Gasteiger partial charge in [0.1, 0.15) is 6.61 Å². The first-order valence-corrected chi connectivity index (χ1v) is 12.4. The number of hydrogen-bond donors (Lipinski definition) is 1. The molecule has 4 rings (SSSR count). The molecule has 2 atom stereocenters. The molecule has 1 aliphatic heterocycles. The van der Waals surface area contributed by atoms with Crippen molar-refractivity contribution in [3.8, 4) is 0 Å². The molecule has 0 amide bonds. The van der Waals surface area contributed by atoms with Gasteiger partial charge in [0, 0.05) is 52.2 Å². The number of nitrogens with one attached hydrogen (secondary N) is 1. The zero-order valence-corrected chi connectivity index (χ0v) is 20.7. The summed E-state index contributed by atoms with van der Waals surface area (Å²) in [5.41, 5.74) is 2.85. The highest BCUT2D eigenvalue weighted by Gasteiger charge is 2.41. The Kier molecular flexibility index (Phi) is 7.47. The normalized spacial score (nSPS) is 20.1. The summed E-state index contributed by atoms with van der Waals surface area (Å²) in [6, 6.07) is 10.0. The van der Waals surface area contributed by atoms with Crippen molar-refractivity contribution in [1.82, 2.24) is 5.32 Å². The topological polar surface area (TPSA) is 108 Å². The number of benzene rings is 1. The lowest BCUT2D eigenvalue weighted by atomic mass is 9.72. The van der Waals surface area contributed by atoms with Crippen molar-refractivity contribution in [2.45, 2.75) is 51.6 Å². The van der Waals surface area contributed by atoms with Gasteiger partial charge in [-0.1, -0.05) is 18.2 Å². The molecule has 0 spiro atoms. The van der Waals surface area contributed by atoms with Gasteiger partial charge in [-0.25, -0.2) is 4.79 Å². The monoisotopic (exact) mass is 496 g/mol. The summed E-state index contributed by atoms with van der Waals surface area (Å²) < 4.78 is 11.0. The van der Waals surface area contributed by atoms with Gasteiger partial charge in [-0.2, -0.15) is 0 Å². The number of ether oxygens (including phenoxy) is 2. The third-order valence-corrected chi connectivity index (χ3v) is 7.23. The van der Waals surface area contributed by atoms with Crippen LogP contribution < -0.4 is 5.32 Å². The number of hydrogen-bond acceptors (Lipinski definition) is 8. The fourth-order valence-corrected chi connectivity index (χ4v) is 5.48. The van der Waals surface area contributed by atoms with E-state index < -0.39 is 16.8 Å². The Hall–Kier alpha value is -3.30. The van der Waals surface area contributed by atoms with Gasteiger partial charge in [-0.15, -0.1) is 11.3 Å². The van der Waals surface area contributed by atoms with E-state index >= 15 is 0 Å². The summed E-state index contributed by atoms with van der Waals surface area (Å²) >= 11 is 1.63. The van der Waals surface area contributed by atoms with Crippen molar-refractivity contribution in [3.05, 3.63) is 84.9 Å². The van der Waals surface area contributed by atoms with Crippen molar-refractivity contribution in [3.63, 3.8) is 0 Å². The third kappa shape index (κ3) is 5.36. The summed E-state index contributed by atoms with van der Waals surface area (Å²) in [4.78, 5) is 38.6. The number of nitrogens with zero attached hydrogens (tertiary/aromatic N) is 1. The van der Waals surface area contributed by atoms with Crippen LogP contribution in [0.1, 0.15) is 55.9 Å². The zero-order chi connectivity index (χ0) is 25.1. The number of carbonyl (C=O) groups is 2. The smallest absolute Gasteiger partial charge is 0.336 e. The number of nitro benzene ring substituents is 1. The van der Waals surface area contributed by atoms with E-state index in [2.05, 4.69) is 5.32 Å². The molecule has 35 heavy (non-hydrogen) atoms. The SMILES string of the molecule is CC1=C(C(=O)OCCOC(C)C)[C@@H](c2ccc([N+](=O)[O-])cc2)C2=C(C[C@@H](c3cccs3)CC2=O)N1. The summed E-state index contributed by atoms with van der Waals surface area (Å²) in [6.45, 7) is 5.94. The molecule has 0 unspecified atom stereocenters. The minimum atomic E-state index is -0.664. The molecule has 1 aromatic heterocycles. The standard InChI is InChI=1S/C26H28N2O6S/c1-15(2)33-10-11-34-26(30)23-16(3)27-20-13-18(22-5-4-12-35-22)14-21(29)25(20)24(23)17-6-8-19(9-7-17)28(31)32/h4-9,12,15,18,24,27H,10-11,13-14H2,1-3H3/t18-,24-/m1/s1. The van der Waals surface area contributed by atoms with E-state index in [1.165, 1.54) is 12.1 Å². The summed E-state index contributed by atoms with van der Waals surface area (Å²) in [5.74, 6) is -1.17. The van der Waals surface area contributed by atoms with Gasteiger partial charge < -0.3 is 14.8 Å². The Morgan fingerprint density at radius 3 is 2.57 bits per heavy atom. The van der Waals surface area contributed by atoms with Crippen LogP contribution in [0.4, 0.5) is 5.69 Å². The molecule has 0 radical (unpaired) electrons.